The highest BCUT2D eigenvalue weighted by atomic mass is 19.4. The van der Waals surface area contributed by atoms with Crippen molar-refractivity contribution in [3.05, 3.63) is 59.8 Å². The molecule has 0 saturated heterocycles. The van der Waals surface area contributed by atoms with Crippen molar-refractivity contribution in [1.29, 1.82) is 0 Å². The van der Waals surface area contributed by atoms with Crippen molar-refractivity contribution in [2.45, 2.75) is 12.7 Å². The summed E-state index contributed by atoms with van der Waals surface area (Å²) in [4.78, 5) is 0. The highest BCUT2D eigenvalue weighted by Gasteiger charge is 2.34. The summed E-state index contributed by atoms with van der Waals surface area (Å²) in [6, 6.07) is 11.4. The predicted octanol–water partition coefficient (Wildman–Crippen LogP) is 4.11. The minimum atomic E-state index is -4.44. The highest BCUT2D eigenvalue weighted by molar-refractivity contribution is 5.78. The Morgan fingerprint density at radius 3 is 2.64 bits per heavy atom. The number of benzene rings is 2. The summed E-state index contributed by atoms with van der Waals surface area (Å²) < 4.78 is 46.1. The summed E-state index contributed by atoms with van der Waals surface area (Å²) in [5.41, 5.74) is 0.250. The van der Waals surface area contributed by atoms with Crippen molar-refractivity contribution in [2.75, 3.05) is 7.11 Å². The van der Waals surface area contributed by atoms with Crippen LogP contribution in [0.25, 0.3) is 10.9 Å². The molecule has 0 aliphatic heterocycles. The van der Waals surface area contributed by atoms with Crippen molar-refractivity contribution in [2.24, 2.45) is 0 Å². The lowest BCUT2D eigenvalue weighted by Crippen LogP contribution is -2.12. The Morgan fingerprint density at radius 1 is 1.14 bits per heavy atom. The maximum absolute atomic E-state index is 13.2. The molecular formula is C16H13F3N2O. The van der Waals surface area contributed by atoms with Crippen LogP contribution in [0.3, 0.4) is 0 Å². The van der Waals surface area contributed by atoms with E-state index in [0.29, 0.717) is 0 Å². The van der Waals surface area contributed by atoms with Crippen molar-refractivity contribution in [1.82, 2.24) is 9.78 Å². The Bertz CT molecular complexity index is 809. The van der Waals surface area contributed by atoms with E-state index in [0.717, 1.165) is 17.0 Å². The largest absolute Gasteiger partial charge is 0.497 e. The molecule has 3 nitrogen and oxygen atoms in total. The molecule has 1 heterocycles. The van der Waals surface area contributed by atoms with E-state index in [-0.39, 0.29) is 17.9 Å². The van der Waals surface area contributed by atoms with Crippen molar-refractivity contribution >= 4 is 10.9 Å². The molecule has 0 aliphatic carbocycles. The fourth-order valence-corrected chi connectivity index (χ4v) is 2.40. The number of aromatic nitrogens is 2. The van der Waals surface area contributed by atoms with E-state index < -0.39 is 11.7 Å². The lowest BCUT2D eigenvalue weighted by molar-refractivity contribution is -0.138. The molecule has 3 rings (SSSR count). The topological polar surface area (TPSA) is 27.1 Å². The smallest absolute Gasteiger partial charge is 0.416 e. The number of ether oxygens (including phenoxy) is 1. The summed E-state index contributed by atoms with van der Waals surface area (Å²) in [6.07, 6.45) is -2.79. The Kier molecular flexibility index (Phi) is 3.52. The van der Waals surface area contributed by atoms with Crippen LogP contribution in [-0.2, 0) is 12.7 Å². The second-order valence-electron chi connectivity index (χ2n) is 4.88. The highest BCUT2D eigenvalue weighted by Crippen LogP contribution is 2.35. The van der Waals surface area contributed by atoms with Crippen molar-refractivity contribution in [3.63, 3.8) is 0 Å². The first-order valence-corrected chi connectivity index (χ1v) is 6.63. The number of para-hydroxylation sites is 1. The standard InChI is InChI=1S/C16H13F3N2O/c1-22-13-7-6-12(14(8-13)16(17,18)19)10-21-15-5-3-2-4-11(15)9-20-21/h2-9H,10H2,1H3. The van der Waals surface area contributed by atoms with E-state index in [1.807, 2.05) is 24.3 Å². The second-order valence-corrected chi connectivity index (χ2v) is 4.88. The number of fused-ring (bicyclic) bond motifs is 1. The van der Waals surface area contributed by atoms with Crippen LogP contribution in [-0.4, -0.2) is 16.9 Å². The maximum Gasteiger partial charge on any atom is 0.416 e. The fourth-order valence-electron chi connectivity index (χ4n) is 2.40. The number of methoxy groups -OCH3 is 1. The molecule has 0 atom stereocenters. The monoisotopic (exact) mass is 306 g/mol. The number of nitrogens with zero attached hydrogens (tertiary/aromatic N) is 2. The zero-order valence-electron chi connectivity index (χ0n) is 11.8. The number of halogens is 3. The Labute approximate surface area is 124 Å². The lowest BCUT2D eigenvalue weighted by Gasteiger charge is -2.14. The van der Waals surface area contributed by atoms with Gasteiger partial charge in [-0.3, -0.25) is 4.68 Å². The number of alkyl halides is 3. The summed E-state index contributed by atoms with van der Waals surface area (Å²) in [7, 11) is 1.34. The third-order valence-electron chi connectivity index (χ3n) is 3.49. The molecule has 0 saturated carbocycles. The third kappa shape index (κ3) is 2.64. The van der Waals surface area contributed by atoms with E-state index in [9.17, 15) is 13.2 Å². The second kappa shape index (κ2) is 5.36. The van der Waals surface area contributed by atoms with Crippen LogP contribution < -0.4 is 4.74 Å². The van der Waals surface area contributed by atoms with E-state index in [4.69, 9.17) is 4.74 Å². The number of hydrogen-bond donors (Lipinski definition) is 0. The summed E-state index contributed by atoms with van der Waals surface area (Å²) in [5.74, 6) is 0.182. The molecule has 6 heteroatoms. The van der Waals surface area contributed by atoms with Crippen molar-refractivity contribution < 1.29 is 17.9 Å². The minimum absolute atomic E-state index is 0.0480. The predicted molar refractivity (Wildman–Crippen MR) is 76.8 cm³/mol. The molecule has 3 aromatic rings. The van der Waals surface area contributed by atoms with Gasteiger partial charge in [-0.15, -0.1) is 0 Å². The van der Waals surface area contributed by atoms with Gasteiger partial charge >= 0.3 is 6.18 Å². The van der Waals surface area contributed by atoms with Gasteiger partial charge in [0.25, 0.3) is 0 Å². The van der Waals surface area contributed by atoms with Gasteiger partial charge in [0.15, 0.2) is 0 Å². The number of rotatable bonds is 3. The lowest BCUT2D eigenvalue weighted by atomic mass is 10.1. The Morgan fingerprint density at radius 2 is 1.91 bits per heavy atom. The van der Waals surface area contributed by atoms with Crippen molar-refractivity contribution in [3.8, 4) is 5.75 Å². The van der Waals surface area contributed by atoms with Crippen LogP contribution in [0.4, 0.5) is 13.2 Å². The molecular weight excluding hydrogens is 293 g/mol. The first kappa shape index (κ1) is 14.4. The van der Waals surface area contributed by atoms with Crippen LogP contribution in [0.1, 0.15) is 11.1 Å². The van der Waals surface area contributed by atoms with Crippen LogP contribution >= 0.6 is 0 Å². The van der Waals surface area contributed by atoms with Gasteiger partial charge in [0, 0.05) is 5.39 Å². The molecule has 1 aromatic heterocycles. The Balaban J connectivity index is 2.05. The molecule has 0 radical (unpaired) electrons. The fraction of sp³-hybridized carbons (Fsp3) is 0.188. The average Bonchev–Trinajstić information content (AvgIpc) is 2.90. The zero-order valence-corrected chi connectivity index (χ0v) is 11.8. The van der Waals surface area contributed by atoms with Crippen LogP contribution in [0.2, 0.25) is 0 Å². The molecule has 0 aliphatic rings. The molecule has 2 aromatic carbocycles. The summed E-state index contributed by atoms with van der Waals surface area (Å²) in [5, 5.41) is 5.07. The molecule has 0 unspecified atom stereocenters. The molecule has 0 fully saturated rings. The zero-order chi connectivity index (χ0) is 15.7. The normalized spacial score (nSPS) is 11.8. The van der Waals surface area contributed by atoms with E-state index in [1.165, 1.54) is 19.2 Å². The van der Waals surface area contributed by atoms with Crippen LogP contribution in [0.5, 0.6) is 5.75 Å². The quantitative estimate of drug-likeness (QED) is 0.728. The van der Waals surface area contributed by atoms with Gasteiger partial charge in [-0.05, 0) is 23.8 Å². The van der Waals surface area contributed by atoms with Gasteiger partial charge in [0.2, 0.25) is 0 Å². The molecule has 0 spiro atoms. The third-order valence-corrected chi connectivity index (χ3v) is 3.49. The summed E-state index contributed by atoms with van der Waals surface area (Å²) in [6.45, 7) is 0.0480. The molecule has 0 amide bonds. The minimum Gasteiger partial charge on any atom is -0.497 e. The van der Waals surface area contributed by atoms with E-state index in [2.05, 4.69) is 5.10 Å². The Hall–Kier alpha value is -2.50. The van der Waals surface area contributed by atoms with Gasteiger partial charge in [0.05, 0.1) is 30.9 Å². The number of hydrogen-bond acceptors (Lipinski definition) is 2. The average molecular weight is 306 g/mol. The van der Waals surface area contributed by atoms with E-state index in [1.54, 1.807) is 10.9 Å². The van der Waals surface area contributed by atoms with Gasteiger partial charge in [-0.25, -0.2) is 0 Å². The molecule has 0 bridgehead atoms. The summed E-state index contributed by atoms with van der Waals surface area (Å²) >= 11 is 0. The maximum atomic E-state index is 13.2. The first-order chi connectivity index (χ1) is 10.5. The molecule has 22 heavy (non-hydrogen) atoms. The van der Waals surface area contributed by atoms with Gasteiger partial charge < -0.3 is 4.74 Å². The van der Waals surface area contributed by atoms with Gasteiger partial charge in [-0.1, -0.05) is 24.3 Å². The van der Waals surface area contributed by atoms with Gasteiger partial charge in [-0.2, -0.15) is 18.3 Å². The van der Waals surface area contributed by atoms with Crippen LogP contribution in [0, 0.1) is 0 Å². The first-order valence-electron chi connectivity index (χ1n) is 6.63. The molecule has 0 N–H and O–H groups in total. The van der Waals surface area contributed by atoms with Crippen LogP contribution in [0.15, 0.2) is 48.7 Å². The van der Waals surface area contributed by atoms with Gasteiger partial charge in [0.1, 0.15) is 5.75 Å². The van der Waals surface area contributed by atoms with E-state index >= 15 is 0 Å². The SMILES string of the molecule is COc1ccc(Cn2ncc3ccccc32)c(C(F)(F)F)c1. The molecule has 114 valence electrons.